The van der Waals surface area contributed by atoms with Gasteiger partial charge in [-0.1, -0.05) is 24.6 Å². The molecule has 16 heteroatoms. The minimum absolute atomic E-state index is 0.0264. The zero-order valence-corrected chi connectivity index (χ0v) is 34.1. The summed E-state index contributed by atoms with van der Waals surface area (Å²) < 4.78 is 55.5. The van der Waals surface area contributed by atoms with Crippen LogP contribution >= 0.6 is 22.9 Å². The molecule has 1 spiro atoms. The lowest BCUT2D eigenvalue weighted by Gasteiger charge is -2.64. The molecule has 3 aromatic heterocycles. The Morgan fingerprint density at radius 3 is 2.74 bits per heavy atom. The van der Waals surface area contributed by atoms with E-state index in [1.807, 2.05) is 11.8 Å². The van der Waals surface area contributed by atoms with Gasteiger partial charge in [-0.25, -0.2) is 22.9 Å². The number of anilines is 2. The number of nitrogens with two attached hydrogens (primary N) is 1. The van der Waals surface area contributed by atoms with Crippen molar-refractivity contribution in [3.05, 3.63) is 58.6 Å². The smallest absolute Gasteiger partial charge is 0.329 e. The molecule has 5 atom stereocenters. The van der Waals surface area contributed by atoms with Gasteiger partial charge in [0, 0.05) is 66.1 Å². The predicted octanol–water partition coefficient (Wildman–Crippen LogP) is 8.48. The third kappa shape index (κ3) is 5.61. The minimum atomic E-state index is -0.963. The number of aryl methyl sites for hydroxylation is 1. The van der Waals surface area contributed by atoms with Crippen LogP contribution in [0, 0.1) is 40.7 Å². The molecule has 58 heavy (non-hydrogen) atoms. The molecule has 2 N–H and O–H groups in total. The summed E-state index contributed by atoms with van der Waals surface area (Å²) in [6, 6.07) is 6.13. The van der Waals surface area contributed by atoms with Crippen LogP contribution in [0.2, 0.25) is 5.02 Å². The topological polar surface area (TPSA) is 129 Å². The molecule has 5 fully saturated rings. The van der Waals surface area contributed by atoms with Crippen LogP contribution in [-0.4, -0.2) is 91.9 Å². The molecule has 1 amide bonds. The quantitative estimate of drug-likeness (QED) is 0.179. The van der Waals surface area contributed by atoms with Gasteiger partial charge in [-0.3, -0.25) is 9.47 Å². The number of rotatable bonds is 6. The van der Waals surface area contributed by atoms with Gasteiger partial charge in [0.15, 0.2) is 5.82 Å². The Kier molecular flexibility index (Phi) is 8.54. The summed E-state index contributed by atoms with van der Waals surface area (Å²) >= 11 is 7.97. The number of nitriles is 1. The molecule has 10 rings (SSSR count). The Hall–Kier alpha value is -4.65. The molecule has 2 aromatic carbocycles. The normalized spacial score (nSPS) is 27.7. The average Bonchev–Trinajstić information content (AvgIpc) is 3.51. The van der Waals surface area contributed by atoms with E-state index in [0.717, 1.165) is 62.1 Å². The van der Waals surface area contributed by atoms with Crippen molar-refractivity contribution in [2.75, 3.05) is 43.4 Å². The molecule has 5 aromatic rings. The number of imidazole rings is 1. The SMILES string of the molecule is Cc1cn(C(=O)N2C[C@]3(CC[C@H](C)N(c4nc(OC[C@@]56CCCN5C[C@H](F)C6)nc5c(F)c(-c6ccc(F)c7sc(N)c(C#N)c67)c(Cl)cc45)C3)[C@H]2C2(C)CC2)cn1. The molecule has 1 saturated carbocycles. The Balaban J connectivity index is 1.10. The van der Waals surface area contributed by atoms with Crippen LogP contribution < -0.4 is 15.4 Å². The number of nitrogens with zero attached hydrogens (tertiary/aromatic N) is 8. The second-order valence-electron chi connectivity index (χ2n) is 17.7. The van der Waals surface area contributed by atoms with Crippen molar-refractivity contribution in [3.63, 3.8) is 0 Å². The number of nitrogen functional groups attached to an aromatic ring is 1. The second-order valence-corrected chi connectivity index (χ2v) is 19.1. The number of amides is 1. The van der Waals surface area contributed by atoms with E-state index < -0.39 is 23.3 Å². The number of ether oxygens (including phenoxy) is 1. The second kappa shape index (κ2) is 13.2. The van der Waals surface area contributed by atoms with Gasteiger partial charge in [0.25, 0.3) is 0 Å². The highest BCUT2D eigenvalue weighted by atomic mass is 35.5. The molecule has 11 nitrogen and oxygen atoms in total. The maximum atomic E-state index is 17.5. The highest BCUT2D eigenvalue weighted by Crippen LogP contribution is 2.62. The van der Waals surface area contributed by atoms with Crippen LogP contribution in [0.5, 0.6) is 6.01 Å². The van der Waals surface area contributed by atoms with Gasteiger partial charge in [-0.2, -0.15) is 15.2 Å². The maximum Gasteiger partial charge on any atom is 0.329 e. The fourth-order valence-electron chi connectivity index (χ4n) is 10.9. The first-order valence-corrected chi connectivity index (χ1v) is 21.2. The van der Waals surface area contributed by atoms with Crippen LogP contribution in [0.3, 0.4) is 0 Å². The summed E-state index contributed by atoms with van der Waals surface area (Å²) in [5, 5.41) is 10.7. The average molecular weight is 830 g/mol. The number of hydrogen-bond acceptors (Lipinski definition) is 10. The number of likely N-dealkylation sites (tertiary alicyclic amines) is 1. The van der Waals surface area contributed by atoms with E-state index in [2.05, 4.69) is 34.7 Å². The standard InChI is InChI=1S/C42H43ClF3N9O2S/c1-22-16-52(21-49-22)39(56)55-19-41(37(55)40(3)10-11-40)9-7-23(2)54(18-41)36-26-13-28(43)31(25-5-6-29(45)34-30(25)27(15-47)35(48)58-34)32(46)33(26)50-38(51-36)57-20-42-8-4-12-53(42)17-24(44)14-42/h5-6,13,16,21,23-24,37H,4,7-12,14,17-20,48H2,1-3H3/t23-,24+,37+,41+,42-/m0/s1. The molecule has 302 valence electrons. The maximum absolute atomic E-state index is 17.5. The van der Waals surface area contributed by atoms with Crippen LogP contribution in [0.25, 0.3) is 32.1 Å². The number of aromatic nitrogens is 4. The van der Waals surface area contributed by atoms with Crippen molar-refractivity contribution in [1.29, 1.82) is 5.26 Å². The summed E-state index contributed by atoms with van der Waals surface area (Å²) in [4.78, 5) is 34.2. The van der Waals surface area contributed by atoms with E-state index in [1.165, 1.54) is 12.1 Å². The molecule has 4 aliphatic heterocycles. The summed E-state index contributed by atoms with van der Waals surface area (Å²) in [6.45, 7) is 8.60. The van der Waals surface area contributed by atoms with Gasteiger partial charge in [-0.15, -0.1) is 11.3 Å². The summed E-state index contributed by atoms with van der Waals surface area (Å²) in [7, 11) is 0. The molecule has 0 unspecified atom stereocenters. The van der Waals surface area contributed by atoms with Gasteiger partial charge in [0.1, 0.15) is 47.3 Å². The van der Waals surface area contributed by atoms with Crippen molar-refractivity contribution < 1.29 is 22.7 Å². The van der Waals surface area contributed by atoms with Gasteiger partial charge < -0.3 is 20.3 Å². The van der Waals surface area contributed by atoms with Crippen LogP contribution in [-0.2, 0) is 0 Å². The number of piperidine rings is 1. The van der Waals surface area contributed by atoms with Crippen LogP contribution in [0.1, 0.15) is 70.1 Å². The Morgan fingerprint density at radius 1 is 1.19 bits per heavy atom. The third-order valence-electron chi connectivity index (χ3n) is 13.9. The van der Waals surface area contributed by atoms with E-state index in [4.69, 9.17) is 32.0 Å². The van der Waals surface area contributed by atoms with Crippen molar-refractivity contribution in [2.24, 2.45) is 10.8 Å². The number of benzene rings is 2. The van der Waals surface area contributed by atoms with Crippen molar-refractivity contribution in [2.45, 2.75) is 89.5 Å². The van der Waals surface area contributed by atoms with Gasteiger partial charge in [0.05, 0.1) is 26.5 Å². The zero-order chi connectivity index (χ0) is 40.5. The molecular weight excluding hydrogens is 787 g/mol. The van der Waals surface area contributed by atoms with Crippen LogP contribution in [0.15, 0.2) is 30.7 Å². The lowest BCUT2D eigenvalue weighted by atomic mass is 9.60. The summed E-state index contributed by atoms with van der Waals surface area (Å²) in [6.07, 6.45) is 8.12. The van der Waals surface area contributed by atoms with Gasteiger partial charge in [-0.05, 0) is 82.0 Å². The van der Waals surface area contributed by atoms with Crippen LogP contribution in [0.4, 0.5) is 28.8 Å². The first kappa shape index (κ1) is 37.6. The summed E-state index contributed by atoms with van der Waals surface area (Å²) in [5.74, 6) is -0.909. The fourth-order valence-corrected chi connectivity index (χ4v) is 12.1. The number of carbonyl (C=O) groups is 1. The fraction of sp³-hybridized carbons (Fsp3) is 0.500. The molecule has 5 aliphatic rings. The Labute approximate surface area is 342 Å². The number of halogens is 4. The van der Waals surface area contributed by atoms with E-state index in [1.54, 1.807) is 23.2 Å². The summed E-state index contributed by atoms with van der Waals surface area (Å²) in [5.41, 5.74) is 6.27. The monoisotopic (exact) mass is 829 g/mol. The molecule has 0 bridgehead atoms. The number of thiophene rings is 1. The Morgan fingerprint density at radius 2 is 2.00 bits per heavy atom. The number of hydrogen-bond donors (Lipinski definition) is 1. The number of alkyl halides is 1. The first-order chi connectivity index (χ1) is 27.7. The lowest BCUT2D eigenvalue weighted by Crippen LogP contribution is -2.74. The highest BCUT2D eigenvalue weighted by molar-refractivity contribution is 7.23. The molecule has 0 radical (unpaired) electrons. The van der Waals surface area contributed by atoms with E-state index in [0.29, 0.717) is 37.3 Å². The predicted molar refractivity (Wildman–Crippen MR) is 217 cm³/mol. The zero-order valence-electron chi connectivity index (χ0n) is 32.5. The van der Waals surface area contributed by atoms with Crippen molar-refractivity contribution in [3.8, 4) is 23.2 Å². The molecule has 7 heterocycles. The third-order valence-corrected chi connectivity index (χ3v) is 15.2. The van der Waals surface area contributed by atoms with E-state index in [-0.39, 0.29) is 83.9 Å². The van der Waals surface area contributed by atoms with Gasteiger partial charge in [0.2, 0.25) is 0 Å². The highest BCUT2D eigenvalue weighted by Gasteiger charge is 2.66. The first-order valence-electron chi connectivity index (χ1n) is 20.0. The minimum Gasteiger partial charge on any atom is -0.461 e. The molecule has 1 aliphatic carbocycles. The number of fused-ring (bicyclic) bond motifs is 3. The largest absolute Gasteiger partial charge is 0.461 e. The number of carbonyl (C=O) groups excluding carboxylic acids is 1. The van der Waals surface area contributed by atoms with Gasteiger partial charge >= 0.3 is 12.0 Å². The van der Waals surface area contributed by atoms with Crippen molar-refractivity contribution in [1.82, 2.24) is 29.3 Å². The molecule has 4 saturated heterocycles. The molecular formula is C42H43ClF3N9O2S. The van der Waals surface area contributed by atoms with E-state index in [9.17, 15) is 14.4 Å². The lowest BCUT2D eigenvalue weighted by molar-refractivity contribution is -0.0877. The van der Waals surface area contributed by atoms with E-state index >= 15 is 8.78 Å². The van der Waals surface area contributed by atoms with Crippen molar-refractivity contribution >= 4 is 60.8 Å². The Bertz CT molecular complexity index is 2590.